The highest BCUT2D eigenvalue weighted by atomic mass is 16.5. The van der Waals surface area contributed by atoms with Crippen LogP contribution < -0.4 is 20.1 Å². The zero-order valence-corrected chi connectivity index (χ0v) is 27.2. The molecule has 2 aliphatic heterocycles. The number of fused-ring (bicyclic) bond motifs is 1. The summed E-state index contributed by atoms with van der Waals surface area (Å²) in [6, 6.07) is 14.2. The van der Waals surface area contributed by atoms with Crippen LogP contribution in [0.5, 0.6) is 11.5 Å². The van der Waals surface area contributed by atoms with Crippen LogP contribution in [0.15, 0.2) is 55.0 Å². The van der Waals surface area contributed by atoms with E-state index < -0.39 is 6.09 Å². The van der Waals surface area contributed by atoms with E-state index in [1.165, 1.54) is 11.2 Å². The van der Waals surface area contributed by atoms with Gasteiger partial charge in [0.1, 0.15) is 12.1 Å². The molecule has 3 aromatic rings. The number of unbranched alkanes of at least 4 members (excludes halogenated alkanes) is 1. The molecule has 12 nitrogen and oxygen atoms in total. The first-order valence-corrected chi connectivity index (χ1v) is 16.3. The standard InChI is InChI=1S/C35H45N5O7/c1-44-18-5-6-30(26-8-7-25-11-14-33(41)39-29(25)20-26)47-32-22-40(35(42)43)17-15-28(32)24-9-12-27(13-10-24)46-19-4-3-16-37-34-31(45-2)21-36-23-38-34/h7-10,12-13,20-21,23,28,30,32H,3-6,11,14-19,22H2,1-2H3,(H,39,41)(H,42,43)(H,36,37,38). The number of carbonyl (C=O) groups is 2. The summed E-state index contributed by atoms with van der Waals surface area (Å²) < 4.78 is 23.5. The molecule has 12 heteroatoms. The van der Waals surface area contributed by atoms with Gasteiger partial charge >= 0.3 is 6.09 Å². The Morgan fingerprint density at radius 1 is 1.11 bits per heavy atom. The highest BCUT2D eigenvalue weighted by molar-refractivity contribution is 5.94. The normalized spacial score (nSPS) is 18.2. The number of rotatable bonds is 16. The van der Waals surface area contributed by atoms with Gasteiger partial charge in [-0.05, 0) is 73.4 Å². The van der Waals surface area contributed by atoms with Crippen LogP contribution in [-0.2, 0) is 20.7 Å². The smallest absolute Gasteiger partial charge is 0.407 e. The molecule has 5 rings (SSSR count). The SMILES string of the molecule is COCCCC(OC1CN(C(=O)O)CCC1c1ccc(OCCCCNc2ncncc2OC)cc1)c1ccc2c(c1)NC(=O)CC2. The van der Waals surface area contributed by atoms with Crippen molar-refractivity contribution in [1.29, 1.82) is 0 Å². The molecule has 1 saturated heterocycles. The molecule has 3 atom stereocenters. The number of carbonyl (C=O) groups excluding carboxylic acids is 1. The molecule has 3 heterocycles. The molecule has 0 spiro atoms. The van der Waals surface area contributed by atoms with Gasteiger partial charge in [-0.1, -0.05) is 24.3 Å². The van der Waals surface area contributed by atoms with Crippen LogP contribution >= 0.6 is 0 Å². The molecule has 3 unspecified atom stereocenters. The van der Waals surface area contributed by atoms with Gasteiger partial charge in [-0.15, -0.1) is 0 Å². The molecule has 252 valence electrons. The number of piperidine rings is 1. The minimum Gasteiger partial charge on any atom is -0.494 e. The van der Waals surface area contributed by atoms with Crippen LogP contribution in [0.25, 0.3) is 0 Å². The molecule has 2 aliphatic rings. The van der Waals surface area contributed by atoms with Crippen molar-refractivity contribution in [3.8, 4) is 11.5 Å². The van der Waals surface area contributed by atoms with Gasteiger partial charge in [-0.25, -0.2) is 14.8 Å². The summed E-state index contributed by atoms with van der Waals surface area (Å²) in [5, 5.41) is 16.1. The molecule has 1 fully saturated rings. The third-order valence-corrected chi connectivity index (χ3v) is 8.72. The van der Waals surface area contributed by atoms with E-state index in [1.54, 1.807) is 20.4 Å². The van der Waals surface area contributed by atoms with E-state index in [0.717, 1.165) is 53.9 Å². The Morgan fingerprint density at radius 2 is 1.96 bits per heavy atom. The van der Waals surface area contributed by atoms with Gasteiger partial charge in [0.15, 0.2) is 11.6 Å². The number of benzene rings is 2. The van der Waals surface area contributed by atoms with Gasteiger partial charge in [0.05, 0.1) is 38.7 Å². The average Bonchev–Trinajstić information content (AvgIpc) is 3.09. The van der Waals surface area contributed by atoms with E-state index in [9.17, 15) is 14.7 Å². The van der Waals surface area contributed by atoms with E-state index >= 15 is 0 Å². The van der Waals surface area contributed by atoms with Crippen molar-refractivity contribution in [3.63, 3.8) is 0 Å². The third-order valence-electron chi connectivity index (χ3n) is 8.72. The summed E-state index contributed by atoms with van der Waals surface area (Å²) in [4.78, 5) is 33.7. The third kappa shape index (κ3) is 9.32. The Kier molecular flexibility index (Phi) is 12.2. The number of nitrogens with one attached hydrogen (secondary N) is 2. The quantitative estimate of drug-likeness (QED) is 0.167. The van der Waals surface area contributed by atoms with Gasteiger partial charge in [0, 0.05) is 44.8 Å². The first kappa shape index (κ1) is 33.9. The summed E-state index contributed by atoms with van der Waals surface area (Å²) in [6.07, 6.45) is 6.61. The number of likely N-dealkylation sites (tertiary alicyclic amines) is 1. The molecule has 1 aromatic heterocycles. The maximum absolute atomic E-state index is 12.1. The zero-order valence-electron chi connectivity index (χ0n) is 27.2. The van der Waals surface area contributed by atoms with Gasteiger partial charge < -0.3 is 39.6 Å². The number of hydrogen-bond donors (Lipinski definition) is 3. The van der Waals surface area contributed by atoms with Gasteiger partial charge in [-0.3, -0.25) is 4.79 Å². The first-order chi connectivity index (χ1) is 22.9. The molecule has 2 aromatic carbocycles. The van der Waals surface area contributed by atoms with E-state index in [0.29, 0.717) is 57.0 Å². The van der Waals surface area contributed by atoms with Gasteiger partial charge in [0.2, 0.25) is 5.91 Å². The minimum absolute atomic E-state index is 0.00627. The second-order valence-corrected chi connectivity index (χ2v) is 11.9. The fourth-order valence-electron chi connectivity index (χ4n) is 6.17. The number of anilines is 2. The Labute approximate surface area is 275 Å². The Bertz CT molecular complexity index is 1470. The van der Waals surface area contributed by atoms with Gasteiger partial charge in [0.25, 0.3) is 0 Å². The van der Waals surface area contributed by atoms with Crippen LogP contribution in [0.3, 0.4) is 0 Å². The van der Waals surface area contributed by atoms with Crippen molar-refractivity contribution in [2.24, 2.45) is 0 Å². The lowest BCUT2D eigenvalue weighted by Crippen LogP contribution is -2.46. The topological polar surface area (TPSA) is 144 Å². The summed E-state index contributed by atoms with van der Waals surface area (Å²) in [6.45, 7) is 2.61. The highest BCUT2D eigenvalue weighted by Crippen LogP contribution is 2.37. The van der Waals surface area contributed by atoms with E-state index in [-0.39, 0.29) is 30.6 Å². The molecule has 2 amide bonds. The number of hydrogen-bond acceptors (Lipinski definition) is 9. The van der Waals surface area contributed by atoms with Crippen molar-refractivity contribution >= 4 is 23.5 Å². The number of carboxylic acid groups (broad SMARTS) is 1. The Hall–Kier alpha value is -4.42. The van der Waals surface area contributed by atoms with Crippen LogP contribution in [0.2, 0.25) is 0 Å². The van der Waals surface area contributed by atoms with E-state index in [1.807, 2.05) is 18.2 Å². The summed E-state index contributed by atoms with van der Waals surface area (Å²) in [5.74, 6) is 2.09. The van der Waals surface area contributed by atoms with Crippen molar-refractivity contribution < 1.29 is 33.6 Å². The Balaban J connectivity index is 1.21. The van der Waals surface area contributed by atoms with E-state index in [4.69, 9.17) is 18.9 Å². The monoisotopic (exact) mass is 647 g/mol. The van der Waals surface area contributed by atoms with Crippen molar-refractivity contribution in [1.82, 2.24) is 14.9 Å². The van der Waals surface area contributed by atoms with E-state index in [2.05, 4.69) is 44.9 Å². The van der Waals surface area contributed by atoms with Crippen LogP contribution in [0.1, 0.15) is 67.2 Å². The lowest BCUT2D eigenvalue weighted by molar-refractivity contribution is -0.116. The predicted molar refractivity (Wildman–Crippen MR) is 177 cm³/mol. The molecule has 0 radical (unpaired) electrons. The average molecular weight is 648 g/mol. The highest BCUT2D eigenvalue weighted by Gasteiger charge is 2.35. The first-order valence-electron chi connectivity index (χ1n) is 16.3. The second kappa shape index (κ2) is 16.9. The number of methoxy groups -OCH3 is 2. The van der Waals surface area contributed by atoms with Crippen LogP contribution in [0.4, 0.5) is 16.3 Å². The second-order valence-electron chi connectivity index (χ2n) is 11.9. The predicted octanol–water partition coefficient (Wildman–Crippen LogP) is 5.66. The fraction of sp³-hybridized carbons (Fsp3) is 0.486. The summed E-state index contributed by atoms with van der Waals surface area (Å²) in [7, 11) is 3.27. The van der Waals surface area contributed by atoms with Crippen molar-refractivity contribution in [2.45, 2.75) is 63.1 Å². The number of aromatic nitrogens is 2. The van der Waals surface area contributed by atoms with Crippen LogP contribution in [-0.4, -0.2) is 85.1 Å². The largest absolute Gasteiger partial charge is 0.494 e. The number of nitrogens with zero attached hydrogens (tertiary/aromatic N) is 3. The molecule has 47 heavy (non-hydrogen) atoms. The zero-order chi connectivity index (χ0) is 33.0. The molecular formula is C35H45N5O7. The molecule has 0 saturated carbocycles. The summed E-state index contributed by atoms with van der Waals surface area (Å²) >= 11 is 0. The molecule has 0 aliphatic carbocycles. The molecule has 0 bridgehead atoms. The molecule has 3 N–H and O–H groups in total. The maximum Gasteiger partial charge on any atom is 0.407 e. The lowest BCUT2D eigenvalue weighted by atomic mass is 9.86. The van der Waals surface area contributed by atoms with Crippen LogP contribution in [0, 0.1) is 0 Å². The number of amides is 2. The summed E-state index contributed by atoms with van der Waals surface area (Å²) in [5.41, 5.74) is 3.98. The Morgan fingerprint density at radius 3 is 2.74 bits per heavy atom. The number of ether oxygens (including phenoxy) is 4. The number of aryl methyl sites for hydroxylation is 1. The van der Waals surface area contributed by atoms with Crippen molar-refractivity contribution in [2.75, 3.05) is 57.7 Å². The fourth-order valence-corrected chi connectivity index (χ4v) is 6.17. The minimum atomic E-state index is -0.945. The maximum atomic E-state index is 12.1. The van der Waals surface area contributed by atoms with Crippen molar-refractivity contribution in [3.05, 3.63) is 71.7 Å². The molecular weight excluding hydrogens is 602 g/mol. The lowest BCUT2D eigenvalue weighted by Gasteiger charge is -2.39. The van der Waals surface area contributed by atoms with Gasteiger partial charge in [-0.2, -0.15) is 0 Å².